The van der Waals surface area contributed by atoms with Crippen LogP contribution in [0.5, 0.6) is 11.5 Å². The van der Waals surface area contributed by atoms with E-state index in [0.29, 0.717) is 18.0 Å². The molecule has 0 spiro atoms. The van der Waals surface area contributed by atoms with Crippen molar-refractivity contribution in [3.05, 3.63) is 71.4 Å². The van der Waals surface area contributed by atoms with E-state index in [4.69, 9.17) is 23.0 Å². The van der Waals surface area contributed by atoms with Crippen molar-refractivity contribution in [1.29, 1.82) is 0 Å². The first-order valence-electron chi connectivity index (χ1n) is 6.96. The summed E-state index contributed by atoms with van der Waals surface area (Å²) in [6.45, 7) is 14.9. The molecule has 0 radical (unpaired) electrons. The van der Waals surface area contributed by atoms with E-state index in [1.54, 1.807) is 24.3 Å². The van der Waals surface area contributed by atoms with Crippen molar-refractivity contribution in [2.45, 2.75) is 0 Å². The Bertz CT molecular complexity index is 665. The summed E-state index contributed by atoms with van der Waals surface area (Å²) in [6, 6.07) is 13.3. The van der Waals surface area contributed by atoms with E-state index in [2.05, 4.69) is 14.6 Å². The molecule has 0 aromatic heterocycles. The zero-order valence-corrected chi connectivity index (χ0v) is 13.2. The van der Waals surface area contributed by atoms with Crippen LogP contribution in [0.3, 0.4) is 0 Å². The van der Waals surface area contributed by atoms with Gasteiger partial charge in [0.15, 0.2) is 11.4 Å². The first kappa shape index (κ1) is 18.0. The van der Waals surface area contributed by atoms with Gasteiger partial charge in [0, 0.05) is 6.54 Å². The fraction of sp³-hybridized carbons (Fsp3) is 0.222. The third-order valence-electron chi connectivity index (χ3n) is 2.75. The van der Waals surface area contributed by atoms with Crippen molar-refractivity contribution in [2.75, 3.05) is 27.2 Å². The summed E-state index contributed by atoms with van der Waals surface area (Å²) in [5, 5.41) is 8.75. The number of benzene rings is 2. The van der Waals surface area contributed by atoms with Crippen LogP contribution in [-0.4, -0.2) is 37.3 Å². The van der Waals surface area contributed by atoms with Gasteiger partial charge in [0.25, 0.3) is 0 Å². The lowest BCUT2D eigenvalue weighted by molar-refractivity contribution is 0.261. The van der Waals surface area contributed by atoms with Crippen molar-refractivity contribution in [3.8, 4) is 11.5 Å². The van der Waals surface area contributed by atoms with Crippen LogP contribution in [0.15, 0.2) is 48.5 Å². The predicted molar refractivity (Wildman–Crippen MR) is 91.1 cm³/mol. The molecule has 5 nitrogen and oxygen atoms in total. The average Bonchev–Trinajstić information content (AvgIpc) is 2.56. The van der Waals surface area contributed by atoms with Gasteiger partial charge in [-0.15, -0.1) is 0 Å². The lowest BCUT2D eigenvalue weighted by atomic mass is 10.3. The summed E-state index contributed by atoms with van der Waals surface area (Å²) in [7, 11) is 4.01. The molecule has 0 amide bonds. The van der Waals surface area contributed by atoms with Gasteiger partial charge in [-0.2, -0.15) is 0 Å². The summed E-state index contributed by atoms with van der Waals surface area (Å²) in [6.07, 6.45) is 0. The first-order chi connectivity index (χ1) is 11.0. The van der Waals surface area contributed by atoms with Crippen LogP contribution in [0.2, 0.25) is 0 Å². The molecule has 0 heterocycles. The van der Waals surface area contributed by atoms with Gasteiger partial charge < -0.3 is 14.7 Å². The van der Waals surface area contributed by atoms with Gasteiger partial charge in [-0.3, -0.25) is 0 Å². The van der Waals surface area contributed by atoms with Gasteiger partial charge in [-0.25, -0.2) is 9.69 Å². The lowest BCUT2D eigenvalue weighted by Crippen LogP contribution is -2.19. The van der Waals surface area contributed by atoms with E-state index in [-0.39, 0.29) is 5.75 Å². The molecule has 0 aliphatic rings. The maximum atomic E-state index is 8.75. The third-order valence-corrected chi connectivity index (χ3v) is 2.75. The van der Waals surface area contributed by atoms with Crippen LogP contribution in [0.25, 0.3) is 9.69 Å². The molecule has 0 bridgehead atoms. The third kappa shape index (κ3) is 7.52. The highest BCUT2D eigenvalue weighted by Gasteiger charge is 1.95. The zero-order chi connectivity index (χ0) is 17.1. The smallest absolute Gasteiger partial charge is 0.187 e. The summed E-state index contributed by atoms with van der Waals surface area (Å²) in [4.78, 5) is 8.52. The van der Waals surface area contributed by atoms with Gasteiger partial charge in [0.1, 0.15) is 18.1 Å². The fourth-order valence-corrected chi connectivity index (χ4v) is 1.49. The van der Waals surface area contributed by atoms with Crippen LogP contribution in [0.4, 0.5) is 11.4 Å². The standard InChI is InChI=1S/C11H14N2O.C7H5NO/c1-12-10-4-6-11(7-5-10)14-9-8-13(2)3;1-8-6-2-4-7(9)5-3-6/h4-7H,8-9H2,2-3H3;2-5,9H. The topological polar surface area (TPSA) is 41.4 Å². The van der Waals surface area contributed by atoms with Crippen molar-refractivity contribution in [3.63, 3.8) is 0 Å². The normalized spacial score (nSPS) is 9.26. The minimum absolute atomic E-state index is 0.197. The number of aromatic hydroxyl groups is 1. The SMILES string of the molecule is [C-]#[N+]c1ccc(O)cc1.[C-]#[N+]c1ccc(OCCN(C)C)cc1. The molecular weight excluding hydrogens is 290 g/mol. The van der Waals surface area contributed by atoms with Gasteiger partial charge in [-0.1, -0.05) is 24.3 Å². The highest BCUT2D eigenvalue weighted by Crippen LogP contribution is 2.17. The molecule has 1 N–H and O–H groups in total. The number of ether oxygens (including phenoxy) is 1. The Hall–Kier alpha value is -3.02. The molecule has 0 atom stereocenters. The molecule has 0 aliphatic carbocycles. The lowest BCUT2D eigenvalue weighted by Gasteiger charge is -2.10. The summed E-state index contributed by atoms with van der Waals surface area (Å²) in [5.74, 6) is 1.02. The number of phenols is 1. The predicted octanol–water partition coefficient (Wildman–Crippen LogP) is 4.12. The molecule has 0 saturated carbocycles. The van der Waals surface area contributed by atoms with Crippen molar-refractivity contribution < 1.29 is 9.84 Å². The van der Waals surface area contributed by atoms with Gasteiger partial charge in [0.2, 0.25) is 0 Å². The van der Waals surface area contributed by atoms with E-state index in [1.807, 2.05) is 26.2 Å². The molecule has 0 unspecified atom stereocenters. The number of nitrogens with zero attached hydrogens (tertiary/aromatic N) is 3. The molecule has 0 aliphatic heterocycles. The van der Waals surface area contributed by atoms with Crippen molar-refractivity contribution in [1.82, 2.24) is 4.90 Å². The van der Waals surface area contributed by atoms with E-state index in [0.717, 1.165) is 12.3 Å². The first-order valence-corrected chi connectivity index (χ1v) is 6.96. The Morgan fingerprint density at radius 2 is 1.39 bits per heavy atom. The van der Waals surface area contributed by atoms with Gasteiger partial charge >= 0.3 is 0 Å². The maximum absolute atomic E-state index is 8.75. The van der Waals surface area contributed by atoms with E-state index < -0.39 is 0 Å². The number of hydrogen-bond acceptors (Lipinski definition) is 3. The van der Waals surface area contributed by atoms with Crippen LogP contribution >= 0.6 is 0 Å². The quantitative estimate of drug-likeness (QED) is 0.864. The highest BCUT2D eigenvalue weighted by atomic mass is 16.5. The Morgan fingerprint density at radius 3 is 1.83 bits per heavy atom. The average molecular weight is 309 g/mol. The molecule has 2 aromatic carbocycles. The fourth-order valence-electron chi connectivity index (χ4n) is 1.49. The second-order valence-electron chi connectivity index (χ2n) is 4.89. The van der Waals surface area contributed by atoms with Crippen LogP contribution in [0.1, 0.15) is 0 Å². The summed E-state index contributed by atoms with van der Waals surface area (Å²) in [5.41, 5.74) is 1.19. The molecule has 5 heteroatoms. The number of rotatable bonds is 4. The Labute approximate surface area is 137 Å². The van der Waals surface area contributed by atoms with E-state index >= 15 is 0 Å². The maximum Gasteiger partial charge on any atom is 0.187 e. The Balaban J connectivity index is 0.000000253. The largest absolute Gasteiger partial charge is 0.508 e. The monoisotopic (exact) mass is 309 g/mol. The van der Waals surface area contributed by atoms with E-state index in [9.17, 15) is 0 Å². The Morgan fingerprint density at radius 1 is 0.913 bits per heavy atom. The molecule has 0 saturated heterocycles. The molecule has 118 valence electrons. The van der Waals surface area contributed by atoms with Crippen molar-refractivity contribution >= 4 is 11.4 Å². The second-order valence-corrected chi connectivity index (χ2v) is 4.89. The molecule has 2 rings (SSSR count). The molecule has 2 aromatic rings. The molecule has 23 heavy (non-hydrogen) atoms. The Kier molecular flexibility index (Phi) is 7.71. The number of hydrogen-bond donors (Lipinski definition) is 1. The van der Waals surface area contributed by atoms with Crippen LogP contribution in [0, 0.1) is 13.1 Å². The molecular formula is C18H19N3O2. The minimum Gasteiger partial charge on any atom is -0.508 e. The van der Waals surface area contributed by atoms with Gasteiger partial charge in [-0.05, 0) is 38.4 Å². The van der Waals surface area contributed by atoms with E-state index in [1.165, 1.54) is 12.1 Å². The van der Waals surface area contributed by atoms with Crippen molar-refractivity contribution in [2.24, 2.45) is 0 Å². The highest BCUT2D eigenvalue weighted by molar-refractivity contribution is 5.47. The molecule has 0 fully saturated rings. The minimum atomic E-state index is 0.197. The van der Waals surface area contributed by atoms with Crippen LogP contribution < -0.4 is 4.74 Å². The van der Waals surface area contributed by atoms with Crippen LogP contribution in [-0.2, 0) is 0 Å². The van der Waals surface area contributed by atoms with Gasteiger partial charge in [0.05, 0.1) is 13.1 Å². The zero-order valence-electron chi connectivity index (χ0n) is 13.2. The number of likely N-dealkylation sites (N-methyl/N-ethyl adjacent to an activating group) is 1. The summed E-state index contributed by atoms with van der Waals surface area (Å²) >= 11 is 0. The summed E-state index contributed by atoms with van der Waals surface area (Å²) < 4.78 is 5.47. The number of phenolic OH excluding ortho intramolecular Hbond substituents is 1. The second kappa shape index (κ2) is 9.83.